The summed E-state index contributed by atoms with van der Waals surface area (Å²) in [5.74, 6) is 0. The van der Waals surface area contributed by atoms with Gasteiger partial charge in [0.25, 0.3) is 0 Å². The summed E-state index contributed by atoms with van der Waals surface area (Å²) in [6.07, 6.45) is 1.29. The van der Waals surface area contributed by atoms with Gasteiger partial charge < -0.3 is 5.32 Å². The Morgan fingerprint density at radius 3 is 2.37 bits per heavy atom. The molecular formula is C17H28N2. The quantitative estimate of drug-likeness (QED) is 0.894. The maximum atomic E-state index is 3.46. The summed E-state index contributed by atoms with van der Waals surface area (Å²) in [5.41, 5.74) is 3.10. The van der Waals surface area contributed by atoms with Gasteiger partial charge in [-0.05, 0) is 36.1 Å². The molecule has 2 rings (SSSR count). The lowest BCUT2D eigenvalue weighted by Gasteiger charge is -2.27. The average Bonchev–Trinajstić information content (AvgIpc) is 2.89. The Bertz CT molecular complexity index is 383. The van der Waals surface area contributed by atoms with E-state index in [9.17, 15) is 0 Å². The summed E-state index contributed by atoms with van der Waals surface area (Å²) in [6, 6.07) is 9.89. The van der Waals surface area contributed by atoms with E-state index in [0.29, 0.717) is 6.04 Å². The van der Waals surface area contributed by atoms with Gasteiger partial charge in [0.05, 0.1) is 0 Å². The van der Waals surface area contributed by atoms with Crippen molar-refractivity contribution >= 4 is 0 Å². The normalized spacial score (nSPS) is 20.2. The molecule has 1 unspecified atom stereocenters. The summed E-state index contributed by atoms with van der Waals surface area (Å²) in [7, 11) is 0. The van der Waals surface area contributed by atoms with Crippen LogP contribution < -0.4 is 5.32 Å². The molecule has 1 N–H and O–H groups in total. The third kappa shape index (κ3) is 3.80. The van der Waals surface area contributed by atoms with Crippen LogP contribution in [0.4, 0.5) is 0 Å². The standard InChI is InChI=1S/C17H28N2/c1-5-19(16-10-11-18-12-16)13-14-6-8-15(9-7-14)17(2,3)4/h6-9,16,18H,5,10-13H2,1-4H3. The van der Waals surface area contributed by atoms with Gasteiger partial charge in [0.1, 0.15) is 0 Å². The van der Waals surface area contributed by atoms with Crippen LogP contribution in [0.1, 0.15) is 45.2 Å². The van der Waals surface area contributed by atoms with Gasteiger partial charge in [0, 0.05) is 19.1 Å². The Hall–Kier alpha value is -0.860. The zero-order valence-electron chi connectivity index (χ0n) is 12.9. The highest BCUT2D eigenvalue weighted by atomic mass is 15.2. The molecule has 0 radical (unpaired) electrons. The summed E-state index contributed by atoms with van der Waals surface area (Å²) in [5, 5.41) is 3.46. The maximum Gasteiger partial charge on any atom is 0.0237 e. The molecule has 1 aliphatic rings. The van der Waals surface area contributed by atoms with Crippen molar-refractivity contribution in [1.29, 1.82) is 0 Å². The Balaban J connectivity index is 2.01. The number of likely N-dealkylation sites (N-methyl/N-ethyl adjacent to an activating group) is 1. The van der Waals surface area contributed by atoms with Gasteiger partial charge >= 0.3 is 0 Å². The van der Waals surface area contributed by atoms with Gasteiger partial charge in [-0.15, -0.1) is 0 Å². The Kier molecular flexibility index (Phi) is 4.64. The lowest BCUT2D eigenvalue weighted by molar-refractivity contribution is 0.210. The summed E-state index contributed by atoms with van der Waals surface area (Å²) in [4.78, 5) is 2.59. The van der Waals surface area contributed by atoms with E-state index < -0.39 is 0 Å². The topological polar surface area (TPSA) is 15.3 Å². The van der Waals surface area contributed by atoms with Crippen LogP contribution in [0.15, 0.2) is 24.3 Å². The first kappa shape index (κ1) is 14.5. The van der Waals surface area contributed by atoms with Crippen molar-refractivity contribution in [2.24, 2.45) is 0 Å². The smallest absolute Gasteiger partial charge is 0.0237 e. The molecule has 19 heavy (non-hydrogen) atoms. The molecule has 0 amide bonds. The number of hydrogen-bond donors (Lipinski definition) is 1. The predicted molar refractivity (Wildman–Crippen MR) is 82.5 cm³/mol. The van der Waals surface area contributed by atoms with E-state index in [2.05, 4.69) is 62.2 Å². The average molecular weight is 260 g/mol. The minimum absolute atomic E-state index is 0.248. The molecule has 1 atom stereocenters. The van der Waals surface area contributed by atoms with E-state index in [1.807, 2.05) is 0 Å². The van der Waals surface area contributed by atoms with Crippen molar-refractivity contribution < 1.29 is 0 Å². The first-order valence-electron chi connectivity index (χ1n) is 7.55. The maximum absolute atomic E-state index is 3.46. The van der Waals surface area contributed by atoms with Gasteiger partial charge in [0.15, 0.2) is 0 Å². The molecule has 1 heterocycles. The lowest BCUT2D eigenvalue weighted by Crippen LogP contribution is -2.36. The fourth-order valence-electron chi connectivity index (χ4n) is 2.79. The van der Waals surface area contributed by atoms with Crippen molar-refractivity contribution in [3.8, 4) is 0 Å². The van der Waals surface area contributed by atoms with Crippen LogP contribution in [0.2, 0.25) is 0 Å². The highest BCUT2D eigenvalue weighted by Gasteiger charge is 2.21. The minimum atomic E-state index is 0.248. The molecule has 0 aromatic heterocycles. The zero-order chi connectivity index (χ0) is 13.9. The molecule has 1 aromatic carbocycles. The van der Waals surface area contributed by atoms with E-state index in [4.69, 9.17) is 0 Å². The van der Waals surface area contributed by atoms with Crippen molar-refractivity contribution in [1.82, 2.24) is 10.2 Å². The summed E-state index contributed by atoms with van der Waals surface area (Å²) >= 11 is 0. The number of nitrogens with zero attached hydrogens (tertiary/aromatic N) is 1. The summed E-state index contributed by atoms with van der Waals surface area (Å²) in [6.45, 7) is 13.6. The van der Waals surface area contributed by atoms with Crippen LogP contribution in [0.25, 0.3) is 0 Å². The Morgan fingerprint density at radius 2 is 1.89 bits per heavy atom. The number of rotatable bonds is 4. The second-order valence-electron chi connectivity index (χ2n) is 6.66. The first-order chi connectivity index (χ1) is 9.00. The third-order valence-electron chi connectivity index (χ3n) is 4.16. The second-order valence-corrected chi connectivity index (χ2v) is 6.66. The predicted octanol–water partition coefficient (Wildman–Crippen LogP) is 3.17. The molecular weight excluding hydrogens is 232 g/mol. The van der Waals surface area contributed by atoms with Crippen LogP contribution in [0.3, 0.4) is 0 Å². The monoisotopic (exact) mass is 260 g/mol. The lowest BCUT2D eigenvalue weighted by atomic mass is 9.87. The Labute approximate surface area is 118 Å². The van der Waals surface area contributed by atoms with E-state index in [1.165, 1.54) is 24.1 Å². The van der Waals surface area contributed by atoms with Crippen LogP contribution in [-0.4, -0.2) is 30.6 Å². The molecule has 1 saturated heterocycles. The molecule has 0 bridgehead atoms. The van der Waals surface area contributed by atoms with E-state index in [0.717, 1.165) is 19.6 Å². The molecule has 1 fully saturated rings. The van der Waals surface area contributed by atoms with Crippen LogP contribution in [0, 0.1) is 0 Å². The number of benzene rings is 1. The first-order valence-corrected chi connectivity index (χ1v) is 7.55. The fraction of sp³-hybridized carbons (Fsp3) is 0.647. The SMILES string of the molecule is CCN(Cc1ccc(C(C)(C)C)cc1)C1CCNC1. The molecule has 1 aromatic rings. The summed E-state index contributed by atoms with van der Waals surface area (Å²) < 4.78 is 0. The molecule has 0 spiro atoms. The van der Waals surface area contributed by atoms with Gasteiger partial charge in [0.2, 0.25) is 0 Å². The van der Waals surface area contributed by atoms with Gasteiger partial charge in [-0.3, -0.25) is 4.90 Å². The van der Waals surface area contributed by atoms with Crippen molar-refractivity contribution in [3.63, 3.8) is 0 Å². The molecule has 0 aliphatic carbocycles. The van der Waals surface area contributed by atoms with Crippen molar-refractivity contribution in [2.45, 2.75) is 52.1 Å². The minimum Gasteiger partial charge on any atom is -0.315 e. The fourth-order valence-corrected chi connectivity index (χ4v) is 2.79. The van der Waals surface area contributed by atoms with Crippen molar-refractivity contribution in [2.75, 3.05) is 19.6 Å². The highest BCUT2D eigenvalue weighted by Crippen LogP contribution is 2.23. The van der Waals surface area contributed by atoms with Crippen LogP contribution >= 0.6 is 0 Å². The zero-order valence-corrected chi connectivity index (χ0v) is 12.9. The van der Waals surface area contributed by atoms with E-state index in [1.54, 1.807) is 0 Å². The number of hydrogen-bond acceptors (Lipinski definition) is 2. The third-order valence-corrected chi connectivity index (χ3v) is 4.16. The van der Waals surface area contributed by atoms with Gasteiger partial charge in [-0.25, -0.2) is 0 Å². The molecule has 2 heteroatoms. The highest BCUT2D eigenvalue weighted by molar-refractivity contribution is 5.27. The van der Waals surface area contributed by atoms with Crippen LogP contribution in [-0.2, 0) is 12.0 Å². The van der Waals surface area contributed by atoms with Crippen molar-refractivity contribution in [3.05, 3.63) is 35.4 Å². The van der Waals surface area contributed by atoms with Gasteiger partial charge in [-0.2, -0.15) is 0 Å². The number of nitrogens with one attached hydrogen (secondary N) is 1. The second kappa shape index (κ2) is 6.06. The largest absolute Gasteiger partial charge is 0.315 e. The van der Waals surface area contributed by atoms with Crippen LogP contribution in [0.5, 0.6) is 0 Å². The molecule has 1 aliphatic heterocycles. The molecule has 2 nitrogen and oxygen atoms in total. The van der Waals surface area contributed by atoms with E-state index >= 15 is 0 Å². The van der Waals surface area contributed by atoms with E-state index in [-0.39, 0.29) is 5.41 Å². The Morgan fingerprint density at radius 1 is 1.21 bits per heavy atom. The van der Waals surface area contributed by atoms with Gasteiger partial charge in [-0.1, -0.05) is 52.0 Å². The molecule has 106 valence electrons. The molecule has 0 saturated carbocycles.